The molecule has 0 fully saturated rings. The molecule has 2 aromatic rings. The molecule has 200 valence electrons. The summed E-state index contributed by atoms with van der Waals surface area (Å²) >= 11 is 0. The van der Waals surface area contributed by atoms with E-state index in [1.807, 2.05) is 25.1 Å². The van der Waals surface area contributed by atoms with Crippen LogP contribution in [0.1, 0.15) is 35.7 Å². The first-order chi connectivity index (χ1) is 17.6. The van der Waals surface area contributed by atoms with E-state index in [9.17, 15) is 27.6 Å². The maximum atomic E-state index is 13.5. The van der Waals surface area contributed by atoms with Crippen LogP contribution in [0.4, 0.5) is 23.7 Å². The fraction of sp³-hybridized carbons (Fsp3) is 0.440. The topological polar surface area (TPSA) is 104 Å². The summed E-state index contributed by atoms with van der Waals surface area (Å²) in [5.74, 6) is -0.398. The highest BCUT2D eigenvalue weighted by Crippen LogP contribution is 2.31. The summed E-state index contributed by atoms with van der Waals surface area (Å²) in [5.41, 5.74) is 1.49. The van der Waals surface area contributed by atoms with Gasteiger partial charge in [-0.25, -0.2) is 4.79 Å². The molecule has 12 heteroatoms. The third kappa shape index (κ3) is 7.34. The number of fused-ring (bicyclic) bond motifs is 1. The molecule has 2 heterocycles. The van der Waals surface area contributed by atoms with Crippen molar-refractivity contribution in [2.45, 2.75) is 39.0 Å². The Bertz CT molecular complexity index is 1130. The number of amides is 3. The first-order valence-electron chi connectivity index (χ1n) is 11.9. The number of aromatic nitrogens is 1. The second-order valence-corrected chi connectivity index (χ2v) is 8.44. The minimum Gasteiger partial charge on any atom is -0.453 e. The summed E-state index contributed by atoms with van der Waals surface area (Å²) in [4.78, 5) is 43.5. The van der Waals surface area contributed by atoms with E-state index < -0.39 is 23.7 Å². The molecular weight excluding hydrogens is 491 g/mol. The molecule has 3 rings (SSSR count). The standard InChI is InChI=1S/C25H30F3N5O4/c1-3-22(34)32-12-9-18-17(15-32)6-4-8-20(18)31-14-23(35)33(13-11-30-24(36)37-2)16-21-19(25(26,27)28)7-5-10-29-21/h4-8,10,31H,3,9,11-16H2,1-2H3,(H,30,36). The number of carbonyl (C=O) groups excluding carboxylic acids is 3. The average Bonchev–Trinajstić information content (AvgIpc) is 2.89. The van der Waals surface area contributed by atoms with E-state index in [0.717, 1.165) is 22.9 Å². The van der Waals surface area contributed by atoms with Crippen molar-refractivity contribution >= 4 is 23.6 Å². The fourth-order valence-electron chi connectivity index (χ4n) is 4.15. The van der Waals surface area contributed by atoms with Crippen LogP contribution in [-0.4, -0.2) is 66.0 Å². The Morgan fingerprint density at radius 3 is 2.68 bits per heavy atom. The number of alkyl carbamates (subject to hydrolysis) is 1. The molecule has 0 saturated carbocycles. The average molecular weight is 522 g/mol. The number of alkyl halides is 3. The summed E-state index contributed by atoms with van der Waals surface area (Å²) in [6.45, 7) is 2.23. The van der Waals surface area contributed by atoms with Crippen molar-refractivity contribution in [3.05, 3.63) is 58.9 Å². The van der Waals surface area contributed by atoms with Crippen molar-refractivity contribution in [1.29, 1.82) is 0 Å². The highest BCUT2D eigenvalue weighted by molar-refractivity contribution is 5.81. The number of rotatable bonds is 9. The van der Waals surface area contributed by atoms with E-state index in [1.165, 1.54) is 24.3 Å². The molecule has 0 unspecified atom stereocenters. The molecular formula is C25H30F3N5O4. The molecule has 0 bridgehead atoms. The maximum absolute atomic E-state index is 13.5. The number of methoxy groups -OCH3 is 1. The van der Waals surface area contributed by atoms with E-state index in [0.29, 0.717) is 25.9 Å². The summed E-state index contributed by atoms with van der Waals surface area (Å²) in [6, 6.07) is 7.69. The molecule has 1 aromatic carbocycles. The zero-order chi connectivity index (χ0) is 27.0. The lowest BCUT2D eigenvalue weighted by atomic mass is 9.97. The zero-order valence-electron chi connectivity index (χ0n) is 20.7. The van der Waals surface area contributed by atoms with Gasteiger partial charge in [0.05, 0.1) is 31.5 Å². The third-order valence-corrected chi connectivity index (χ3v) is 6.08. The second-order valence-electron chi connectivity index (χ2n) is 8.44. The fourth-order valence-corrected chi connectivity index (χ4v) is 4.15. The van der Waals surface area contributed by atoms with E-state index in [-0.39, 0.29) is 37.8 Å². The van der Waals surface area contributed by atoms with E-state index in [1.54, 1.807) is 4.90 Å². The van der Waals surface area contributed by atoms with Crippen molar-refractivity contribution in [3.8, 4) is 0 Å². The summed E-state index contributed by atoms with van der Waals surface area (Å²) in [5, 5.41) is 5.53. The summed E-state index contributed by atoms with van der Waals surface area (Å²) in [7, 11) is 1.18. The van der Waals surface area contributed by atoms with Gasteiger partial charge in [0, 0.05) is 44.5 Å². The largest absolute Gasteiger partial charge is 0.453 e. The first-order valence-corrected chi connectivity index (χ1v) is 11.9. The van der Waals surface area contributed by atoms with Crippen molar-refractivity contribution in [3.63, 3.8) is 0 Å². The molecule has 3 amide bonds. The number of nitrogens with one attached hydrogen (secondary N) is 2. The number of nitrogens with zero attached hydrogens (tertiary/aromatic N) is 3. The number of pyridine rings is 1. The van der Waals surface area contributed by atoms with Crippen LogP contribution < -0.4 is 10.6 Å². The lowest BCUT2D eigenvalue weighted by molar-refractivity contribution is -0.140. The third-order valence-electron chi connectivity index (χ3n) is 6.08. The van der Waals surface area contributed by atoms with Gasteiger partial charge < -0.3 is 25.2 Å². The van der Waals surface area contributed by atoms with Gasteiger partial charge in [0.15, 0.2) is 0 Å². The molecule has 37 heavy (non-hydrogen) atoms. The Labute approximate surface area is 213 Å². The Kier molecular flexibility index (Phi) is 9.31. The van der Waals surface area contributed by atoms with Gasteiger partial charge >= 0.3 is 12.3 Å². The van der Waals surface area contributed by atoms with E-state index >= 15 is 0 Å². The number of halogens is 3. The predicted molar refractivity (Wildman–Crippen MR) is 129 cm³/mol. The number of benzene rings is 1. The van der Waals surface area contributed by atoms with Gasteiger partial charge in [-0.2, -0.15) is 13.2 Å². The van der Waals surface area contributed by atoms with Crippen LogP contribution in [0.3, 0.4) is 0 Å². The van der Waals surface area contributed by atoms with Crippen LogP contribution in [0, 0.1) is 0 Å². The number of anilines is 1. The first kappa shape index (κ1) is 27.8. The zero-order valence-corrected chi connectivity index (χ0v) is 20.7. The predicted octanol–water partition coefficient (Wildman–Crippen LogP) is 3.19. The highest BCUT2D eigenvalue weighted by Gasteiger charge is 2.34. The number of carbonyl (C=O) groups is 3. The van der Waals surface area contributed by atoms with Crippen LogP contribution >= 0.6 is 0 Å². The number of hydrogen-bond donors (Lipinski definition) is 2. The molecule has 0 aliphatic carbocycles. The normalized spacial score (nSPS) is 12.9. The van der Waals surface area contributed by atoms with Gasteiger partial charge in [-0.05, 0) is 35.7 Å². The molecule has 0 saturated heterocycles. The Morgan fingerprint density at radius 1 is 1.19 bits per heavy atom. The molecule has 0 spiro atoms. The minimum atomic E-state index is -4.63. The lowest BCUT2D eigenvalue weighted by Crippen LogP contribution is -2.41. The SMILES string of the molecule is CCC(=O)N1CCc2c(cccc2NCC(=O)N(CCNC(=O)OC)Cc2ncccc2C(F)(F)F)C1. The molecule has 0 radical (unpaired) electrons. The molecule has 1 aliphatic heterocycles. The smallest absolute Gasteiger partial charge is 0.418 e. The number of ether oxygens (including phenoxy) is 1. The highest BCUT2D eigenvalue weighted by atomic mass is 19.4. The molecule has 1 aliphatic rings. The molecule has 0 atom stereocenters. The number of hydrogen-bond acceptors (Lipinski definition) is 6. The van der Waals surface area contributed by atoms with Gasteiger partial charge in [-0.3, -0.25) is 14.6 Å². The van der Waals surface area contributed by atoms with Gasteiger partial charge in [-0.15, -0.1) is 0 Å². The second kappa shape index (κ2) is 12.4. The summed E-state index contributed by atoms with van der Waals surface area (Å²) < 4.78 is 44.9. The quantitative estimate of drug-likeness (QED) is 0.526. The van der Waals surface area contributed by atoms with Crippen LogP contribution in [0.5, 0.6) is 0 Å². The molecule has 1 aromatic heterocycles. The van der Waals surface area contributed by atoms with Crippen molar-refractivity contribution < 1.29 is 32.3 Å². The van der Waals surface area contributed by atoms with Gasteiger partial charge in [0.2, 0.25) is 11.8 Å². The Balaban J connectivity index is 1.74. The molecule has 2 N–H and O–H groups in total. The van der Waals surface area contributed by atoms with Gasteiger partial charge in [0.25, 0.3) is 0 Å². The van der Waals surface area contributed by atoms with Crippen LogP contribution in [-0.2, 0) is 40.0 Å². The maximum Gasteiger partial charge on any atom is 0.418 e. The minimum absolute atomic E-state index is 0.0192. The summed E-state index contributed by atoms with van der Waals surface area (Å²) in [6.07, 6.45) is -3.06. The monoisotopic (exact) mass is 521 g/mol. The van der Waals surface area contributed by atoms with E-state index in [2.05, 4.69) is 20.4 Å². The van der Waals surface area contributed by atoms with Gasteiger partial charge in [-0.1, -0.05) is 19.1 Å². The Hall–Kier alpha value is -3.83. The van der Waals surface area contributed by atoms with Crippen LogP contribution in [0.25, 0.3) is 0 Å². The van der Waals surface area contributed by atoms with Crippen molar-refractivity contribution in [1.82, 2.24) is 20.1 Å². The van der Waals surface area contributed by atoms with Gasteiger partial charge in [0.1, 0.15) is 0 Å². The molecule has 9 nitrogen and oxygen atoms in total. The van der Waals surface area contributed by atoms with Crippen molar-refractivity contribution in [2.24, 2.45) is 0 Å². The Morgan fingerprint density at radius 2 is 1.97 bits per heavy atom. The lowest BCUT2D eigenvalue weighted by Gasteiger charge is -2.30. The van der Waals surface area contributed by atoms with Crippen LogP contribution in [0.15, 0.2) is 36.5 Å². The van der Waals surface area contributed by atoms with E-state index in [4.69, 9.17) is 0 Å². The van der Waals surface area contributed by atoms with Crippen LogP contribution in [0.2, 0.25) is 0 Å². The van der Waals surface area contributed by atoms with Crippen molar-refractivity contribution in [2.75, 3.05) is 38.6 Å².